The molecule has 2 N–H and O–H groups in total. The second-order valence-electron chi connectivity index (χ2n) is 4.19. The zero-order valence-electron chi connectivity index (χ0n) is 10.1. The van der Waals surface area contributed by atoms with E-state index in [2.05, 4.69) is 5.32 Å². The molecular weight excluding hydrogens is 286 g/mol. The number of hydrogen-bond acceptors (Lipinski definition) is 3. The van der Waals surface area contributed by atoms with Crippen LogP contribution in [-0.2, 0) is 4.79 Å². The molecule has 6 heteroatoms. The summed E-state index contributed by atoms with van der Waals surface area (Å²) in [6.45, 7) is 1.62. The number of hydrogen-bond donors (Lipinski definition) is 2. The summed E-state index contributed by atoms with van der Waals surface area (Å²) >= 11 is 7.46. The van der Waals surface area contributed by atoms with Crippen molar-refractivity contribution in [3.63, 3.8) is 0 Å². The molecule has 1 heterocycles. The quantitative estimate of drug-likeness (QED) is 0.911. The minimum Gasteiger partial charge on any atom is -0.481 e. The molecule has 0 radical (unpaired) electrons. The Hall–Kier alpha value is -1.59. The maximum atomic E-state index is 12.0. The predicted octanol–water partition coefficient (Wildman–Crippen LogP) is 3.01. The van der Waals surface area contributed by atoms with Crippen LogP contribution in [0.15, 0.2) is 24.3 Å². The van der Waals surface area contributed by atoms with E-state index in [0.29, 0.717) is 9.90 Å². The van der Waals surface area contributed by atoms with Gasteiger partial charge in [-0.2, -0.15) is 0 Å². The first-order valence-electron chi connectivity index (χ1n) is 5.68. The number of fused-ring (bicyclic) bond motifs is 1. The Morgan fingerprint density at radius 2 is 2.11 bits per heavy atom. The predicted molar refractivity (Wildman–Crippen MR) is 76.0 cm³/mol. The van der Waals surface area contributed by atoms with Crippen LogP contribution in [0.25, 0.3) is 10.1 Å². The molecule has 1 aromatic carbocycles. The van der Waals surface area contributed by atoms with Gasteiger partial charge >= 0.3 is 5.97 Å². The summed E-state index contributed by atoms with van der Waals surface area (Å²) in [4.78, 5) is 23.1. The molecule has 0 fully saturated rings. The smallest absolute Gasteiger partial charge is 0.308 e. The molecule has 0 saturated heterocycles. The molecule has 19 heavy (non-hydrogen) atoms. The van der Waals surface area contributed by atoms with Crippen LogP contribution < -0.4 is 5.32 Å². The molecule has 2 aromatic rings. The third-order valence-electron chi connectivity index (χ3n) is 2.73. The molecule has 1 unspecified atom stereocenters. The molecule has 0 aliphatic rings. The molecule has 2 rings (SSSR count). The van der Waals surface area contributed by atoms with Crippen LogP contribution in [0.1, 0.15) is 16.6 Å². The van der Waals surface area contributed by atoms with Crippen molar-refractivity contribution in [1.29, 1.82) is 0 Å². The molecule has 0 spiro atoms. The summed E-state index contributed by atoms with van der Waals surface area (Å²) in [5.74, 6) is -1.90. The van der Waals surface area contributed by atoms with Crippen LogP contribution >= 0.6 is 22.9 Å². The zero-order valence-corrected chi connectivity index (χ0v) is 11.7. The Balaban J connectivity index is 2.18. The van der Waals surface area contributed by atoms with Gasteiger partial charge in [-0.3, -0.25) is 9.59 Å². The summed E-state index contributed by atoms with van der Waals surface area (Å²) in [7, 11) is 0. The van der Waals surface area contributed by atoms with Gasteiger partial charge in [0.15, 0.2) is 0 Å². The first-order valence-corrected chi connectivity index (χ1v) is 6.88. The lowest BCUT2D eigenvalue weighted by atomic mass is 10.2. The van der Waals surface area contributed by atoms with Gasteiger partial charge in [0, 0.05) is 16.6 Å². The van der Waals surface area contributed by atoms with Gasteiger partial charge in [-0.1, -0.05) is 36.7 Å². The van der Waals surface area contributed by atoms with E-state index in [1.165, 1.54) is 18.3 Å². The van der Waals surface area contributed by atoms with Gasteiger partial charge in [0.05, 0.1) is 10.9 Å². The van der Waals surface area contributed by atoms with Crippen LogP contribution in [0.5, 0.6) is 0 Å². The summed E-state index contributed by atoms with van der Waals surface area (Å²) in [5, 5.41) is 12.6. The van der Waals surface area contributed by atoms with Gasteiger partial charge in [0.2, 0.25) is 0 Å². The molecule has 0 saturated carbocycles. The van der Waals surface area contributed by atoms with Crippen molar-refractivity contribution in [1.82, 2.24) is 5.32 Å². The number of rotatable bonds is 4. The number of carboxylic acids is 1. The average Bonchev–Trinajstić information content (AvgIpc) is 2.73. The summed E-state index contributed by atoms with van der Waals surface area (Å²) in [5.41, 5.74) is 0. The number of carboxylic acid groups (broad SMARTS) is 1. The number of aliphatic carboxylic acids is 1. The number of thiophene rings is 1. The lowest BCUT2D eigenvalue weighted by Gasteiger charge is -2.07. The Morgan fingerprint density at radius 1 is 1.42 bits per heavy atom. The van der Waals surface area contributed by atoms with Gasteiger partial charge in [-0.15, -0.1) is 11.3 Å². The molecular formula is C13H12ClNO3S. The number of amides is 1. The summed E-state index contributed by atoms with van der Waals surface area (Å²) in [6, 6.07) is 7.48. The molecule has 4 nitrogen and oxygen atoms in total. The SMILES string of the molecule is CC(CNC(=O)c1sc2ccccc2c1Cl)C(=O)O. The topological polar surface area (TPSA) is 66.4 Å². The zero-order chi connectivity index (χ0) is 14.0. The highest BCUT2D eigenvalue weighted by Gasteiger charge is 2.18. The van der Waals surface area contributed by atoms with Crippen LogP contribution in [0.2, 0.25) is 5.02 Å². The van der Waals surface area contributed by atoms with E-state index in [4.69, 9.17) is 16.7 Å². The van der Waals surface area contributed by atoms with Crippen molar-refractivity contribution in [3.8, 4) is 0 Å². The van der Waals surface area contributed by atoms with Crippen LogP contribution in [0.4, 0.5) is 0 Å². The van der Waals surface area contributed by atoms with E-state index in [9.17, 15) is 9.59 Å². The minimum atomic E-state index is -0.942. The fourth-order valence-corrected chi connectivity index (χ4v) is 3.01. The van der Waals surface area contributed by atoms with Crippen LogP contribution in [-0.4, -0.2) is 23.5 Å². The van der Waals surface area contributed by atoms with Crippen molar-refractivity contribution < 1.29 is 14.7 Å². The van der Waals surface area contributed by atoms with E-state index < -0.39 is 11.9 Å². The highest BCUT2D eigenvalue weighted by molar-refractivity contribution is 7.21. The number of nitrogens with one attached hydrogen (secondary N) is 1. The Kier molecular flexibility index (Phi) is 4.07. The normalized spacial score (nSPS) is 12.3. The first-order chi connectivity index (χ1) is 9.00. The molecule has 1 aromatic heterocycles. The van der Waals surface area contributed by atoms with Crippen LogP contribution in [0, 0.1) is 5.92 Å². The van der Waals surface area contributed by atoms with Gasteiger partial charge in [-0.05, 0) is 6.07 Å². The average molecular weight is 298 g/mol. The monoisotopic (exact) mass is 297 g/mol. The molecule has 1 atom stereocenters. The van der Waals surface area contributed by atoms with E-state index in [1.807, 2.05) is 24.3 Å². The largest absolute Gasteiger partial charge is 0.481 e. The van der Waals surface area contributed by atoms with E-state index in [1.54, 1.807) is 0 Å². The maximum absolute atomic E-state index is 12.0. The van der Waals surface area contributed by atoms with Crippen molar-refractivity contribution in [3.05, 3.63) is 34.2 Å². The maximum Gasteiger partial charge on any atom is 0.308 e. The molecule has 1 amide bonds. The van der Waals surface area contributed by atoms with Gasteiger partial charge in [0.1, 0.15) is 4.88 Å². The lowest BCUT2D eigenvalue weighted by molar-refractivity contribution is -0.140. The molecule has 0 bridgehead atoms. The van der Waals surface area contributed by atoms with Crippen molar-refractivity contribution in [2.75, 3.05) is 6.54 Å². The van der Waals surface area contributed by atoms with Crippen molar-refractivity contribution in [2.24, 2.45) is 5.92 Å². The van der Waals surface area contributed by atoms with Crippen LogP contribution in [0.3, 0.4) is 0 Å². The number of carbonyl (C=O) groups is 2. The lowest BCUT2D eigenvalue weighted by Crippen LogP contribution is -2.31. The highest BCUT2D eigenvalue weighted by atomic mass is 35.5. The molecule has 100 valence electrons. The minimum absolute atomic E-state index is 0.0821. The van der Waals surface area contributed by atoms with E-state index in [0.717, 1.165) is 10.1 Å². The van der Waals surface area contributed by atoms with Gasteiger partial charge in [0.25, 0.3) is 5.91 Å². The Bertz CT molecular complexity index is 638. The second kappa shape index (κ2) is 5.59. The number of carbonyl (C=O) groups excluding carboxylic acids is 1. The number of benzene rings is 1. The number of halogens is 1. The molecule has 0 aliphatic heterocycles. The van der Waals surface area contributed by atoms with E-state index >= 15 is 0 Å². The van der Waals surface area contributed by atoms with E-state index in [-0.39, 0.29) is 12.5 Å². The van der Waals surface area contributed by atoms with Gasteiger partial charge < -0.3 is 10.4 Å². The van der Waals surface area contributed by atoms with Gasteiger partial charge in [-0.25, -0.2) is 0 Å². The summed E-state index contributed by atoms with van der Waals surface area (Å²) in [6.07, 6.45) is 0. The van der Waals surface area contributed by atoms with Crippen molar-refractivity contribution >= 4 is 44.9 Å². The third kappa shape index (κ3) is 2.88. The molecule has 0 aliphatic carbocycles. The Labute approximate surface area is 119 Å². The first kappa shape index (κ1) is 13.8. The van der Waals surface area contributed by atoms with Crippen molar-refractivity contribution in [2.45, 2.75) is 6.92 Å². The fourth-order valence-electron chi connectivity index (χ4n) is 1.57. The Morgan fingerprint density at radius 3 is 2.74 bits per heavy atom. The fraction of sp³-hybridized carbons (Fsp3) is 0.231. The standard InChI is InChI=1S/C13H12ClNO3S/c1-7(13(17)18)6-15-12(16)11-10(14)8-4-2-3-5-9(8)19-11/h2-5,7H,6H2,1H3,(H,15,16)(H,17,18). The second-order valence-corrected chi connectivity index (χ2v) is 5.62. The highest BCUT2D eigenvalue weighted by Crippen LogP contribution is 2.34. The third-order valence-corrected chi connectivity index (χ3v) is 4.41. The summed E-state index contributed by atoms with van der Waals surface area (Å²) < 4.78 is 0.934.